The molecule has 3 saturated heterocycles. The maximum Gasteiger partial charge on any atom is 0.0109 e. The van der Waals surface area contributed by atoms with E-state index in [0.717, 1.165) is 25.0 Å². The number of rotatable bonds is 4. The van der Waals surface area contributed by atoms with Crippen molar-refractivity contribution in [3.63, 3.8) is 0 Å². The molecule has 0 saturated carbocycles. The lowest BCUT2D eigenvalue weighted by Gasteiger charge is -2.29. The predicted octanol–water partition coefficient (Wildman–Crippen LogP) is 0.622. The number of nitrogens with one attached hydrogen (secondary N) is 1. The van der Waals surface area contributed by atoms with Crippen molar-refractivity contribution in [2.75, 3.05) is 46.8 Å². The van der Waals surface area contributed by atoms with Gasteiger partial charge in [0.05, 0.1) is 0 Å². The van der Waals surface area contributed by atoms with Gasteiger partial charge in [-0.15, -0.1) is 0 Å². The van der Waals surface area contributed by atoms with Gasteiger partial charge in [0.15, 0.2) is 0 Å². The average molecular weight is 211 g/mol. The molecule has 0 aromatic heterocycles. The standard InChI is InChI=1S/C12H25N3/c1-14(2)10-6-13-12-5-9-15-7-3-11(12)4-8-15/h11-13H,3-10H2,1-2H3. The predicted molar refractivity (Wildman–Crippen MR) is 64.1 cm³/mol. The molecule has 3 heteroatoms. The fraction of sp³-hybridized carbons (Fsp3) is 1.00. The fourth-order valence-electron chi connectivity index (χ4n) is 2.88. The molecular weight excluding hydrogens is 186 g/mol. The van der Waals surface area contributed by atoms with E-state index in [2.05, 4.69) is 29.2 Å². The summed E-state index contributed by atoms with van der Waals surface area (Å²) in [6.45, 7) is 6.31. The number of hydrogen-bond donors (Lipinski definition) is 1. The van der Waals surface area contributed by atoms with Crippen molar-refractivity contribution in [2.45, 2.75) is 25.3 Å². The first-order chi connectivity index (χ1) is 7.25. The highest BCUT2D eigenvalue weighted by Crippen LogP contribution is 2.26. The summed E-state index contributed by atoms with van der Waals surface area (Å²) in [5.74, 6) is 0.950. The molecule has 88 valence electrons. The largest absolute Gasteiger partial charge is 0.312 e. The lowest BCUT2D eigenvalue weighted by molar-refractivity contribution is 0.214. The van der Waals surface area contributed by atoms with Crippen molar-refractivity contribution in [3.8, 4) is 0 Å². The lowest BCUT2D eigenvalue weighted by atomic mass is 9.90. The third-order valence-corrected chi connectivity index (χ3v) is 3.92. The molecule has 15 heavy (non-hydrogen) atoms. The van der Waals surface area contributed by atoms with E-state index in [4.69, 9.17) is 0 Å². The summed E-state index contributed by atoms with van der Waals surface area (Å²) in [6.07, 6.45) is 4.19. The number of fused-ring (bicyclic) bond motifs is 4. The molecule has 0 radical (unpaired) electrons. The third-order valence-electron chi connectivity index (χ3n) is 3.92. The van der Waals surface area contributed by atoms with Gasteiger partial charge in [-0.25, -0.2) is 0 Å². The van der Waals surface area contributed by atoms with E-state index in [1.807, 2.05) is 0 Å². The Morgan fingerprint density at radius 3 is 2.47 bits per heavy atom. The highest BCUT2D eigenvalue weighted by molar-refractivity contribution is 4.87. The first kappa shape index (κ1) is 11.4. The van der Waals surface area contributed by atoms with Gasteiger partial charge in [-0.05, 0) is 58.9 Å². The van der Waals surface area contributed by atoms with E-state index in [-0.39, 0.29) is 0 Å². The number of nitrogens with zero attached hydrogens (tertiary/aromatic N) is 2. The van der Waals surface area contributed by atoms with E-state index in [0.29, 0.717) is 0 Å². The summed E-state index contributed by atoms with van der Waals surface area (Å²) in [7, 11) is 4.29. The molecule has 1 atom stereocenters. The maximum absolute atomic E-state index is 3.75. The van der Waals surface area contributed by atoms with Crippen molar-refractivity contribution in [1.29, 1.82) is 0 Å². The topological polar surface area (TPSA) is 18.5 Å². The van der Waals surface area contributed by atoms with Crippen LogP contribution in [0.1, 0.15) is 19.3 Å². The van der Waals surface area contributed by atoms with Gasteiger partial charge in [0, 0.05) is 19.1 Å². The van der Waals surface area contributed by atoms with Crippen LogP contribution >= 0.6 is 0 Å². The molecular formula is C12H25N3. The van der Waals surface area contributed by atoms with Crippen molar-refractivity contribution in [2.24, 2.45) is 5.92 Å². The van der Waals surface area contributed by atoms with Crippen molar-refractivity contribution in [1.82, 2.24) is 15.1 Å². The average Bonchev–Trinajstić information content (AvgIpc) is 2.52. The molecule has 0 aromatic carbocycles. The van der Waals surface area contributed by atoms with Gasteiger partial charge in [0.2, 0.25) is 0 Å². The normalized spacial score (nSPS) is 35.8. The molecule has 3 aliphatic rings. The van der Waals surface area contributed by atoms with Gasteiger partial charge < -0.3 is 15.1 Å². The lowest BCUT2D eigenvalue weighted by Crippen LogP contribution is -2.40. The zero-order valence-electron chi connectivity index (χ0n) is 10.2. The minimum Gasteiger partial charge on any atom is -0.312 e. The van der Waals surface area contributed by atoms with Gasteiger partial charge in [-0.2, -0.15) is 0 Å². The summed E-state index contributed by atoms with van der Waals surface area (Å²) in [5, 5.41) is 3.75. The Bertz CT molecular complexity index is 185. The summed E-state index contributed by atoms with van der Waals surface area (Å²) in [6, 6.07) is 0.789. The Balaban J connectivity index is 1.76. The van der Waals surface area contributed by atoms with E-state index < -0.39 is 0 Å². The highest BCUT2D eigenvalue weighted by Gasteiger charge is 2.30. The monoisotopic (exact) mass is 211 g/mol. The number of hydrogen-bond acceptors (Lipinski definition) is 3. The molecule has 0 aliphatic carbocycles. The van der Waals surface area contributed by atoms with Crippen molar-refractivity contribution >= 4 is 0 Å². The molecule has 3 nitrogen and oxygen atoms in total. The Labute approximate surface area is 93.8 Å². The zero-order valence-corrected chi connectivity index (χ0v) is 10.2. The number of likely N-dealkylation sites (N-methyl/N-ethyl adjacent to an activating group) is 1. The summed E-state index contributed by atoms with van der Waals surface area (Å²) in [5.41, 5.74) is 0. The van der Waals surface area contributed by atoms with Crippen LogP contribution in [0.5, 0.6) is 0 Å². The molecule has 2 bridgehead atoms. The second kappa shape index (κ2) is 5.28. The smallest absolute Gasteiger partial charge is 0.0109 e. The molecule has 3 fully saturated rings. The molecule has 0 spiro atoms. The van der Waals surface area contributed by atoms with Crippen molar-refractivity contribution < 1.29 is 0 Å². The Morgan fingerprint density at radius 1 is 1.13 bits per heavy atom. The first-order valence-corrected chi connectivity index (χ1v) is 6.36. The molecule has 3 rings (SSSR count). The second-order valence-corrected chi connectivity index (χ2v) is 5.33. The van der Waals surface area contributed by atoms with Crippen LogP contribution in [0, 0.1) is 5.92 Å². The fourth-order valence-corrected chi connectivity index (χ4v) is 2.88. The third kappa shape index (κ3) is 3.16. The van der Waals surface area contributed by atoms with Crippen LogP contribution < -0.4 is 5.32 Å². The summed E-state index contributed by atoms with van der Waals surface area (Å²) in [4.78, 5) is 4.88. The summed E-state index contributed by atoms with van der Waals surface area (Å²) >= 11 is 0. The van der Waals surface area contributed by atoms with E-state index >= 15 is 0 Å². The van der Waals surface area contributed by atoms with Crippen LogP contribution in [0.15, 0.2) is 0 Å². The molecule has 3 heterocycles. The van der Waals surface area contributed by atoms with Gasteiger partial charge >= 0.3 is 0 Å². The molecule has 1 N–H and O–H groups in total. The van der Waals surface area contributed by atoms with Crippen LogP contribution in [0.2, 0.25) is 0 Å². The molecule has 1 unspecified atom stereocenters. The van der Waals surface area contributed by atoms with Crippen LogP contribution in [-0.4, -0.2) is 62.7 Å². The highest BCUT2D eigenvalue weighted by atomic mass is 15.1. The quantitative estimate of drug-likeness (QED) is 0.735. The van der Waals surface area contributed by atoms with E-state index in [9.17, 15) is 0 Å². The molecule has 0 aromatic rings. The molecule has 0 amide bonds. The minimum absolute atomic E-state index is 0.789. The Morgan fingerprint density at radius 2 is 1.80 bits per heavy atom. The maximum atomic E-state index is 3.75. The second-order valence-electron chi connectivity index (χ2n) is 5.33. The summed E-state index contributed by atoms with van der Waals surface area (Å²) < 4.78 is 0. The number of piperidine rings is 1. The van der Waals surface area contributed by atoms with Crippen LogP contribution in [0.25, 0.3) is 0 Å². The van der Waals surface area contributed by atoms with E-state index in [1.165, 1.54) is 38.9 Å². The SMILES string of the molecule is CN(C)CCNC1CCN2CCC1CC2. The van der Waals surface area contributed by atoms with Crippen LogP contribution in [0.3, 0.4) is 0 Å². The van der Waals surface area contributed by atoms with Crippen LogP contribution in [-0.2, 0) is 0 Å². The van der Waals surface area contributed by atoms with Crippen LogP contribution in [0.4, 0.5) is 0 Å². The van der Waals surface area contributed by atoms with Gasteiger partial charge in [0.25, 0.3) is 0 Å². The Kier molecular flexibility index (Phi) is 4.00. The van der Waals surface area contributed by atoms with Crippen molar-refractivity contribution in [3.05, 3.63) is 0 Å². The van der Waals surface area contributed by atoms with Gasteiger partial charge in [-0.1, -0.05) is 0 Å². The van der Waals surface area contributed by atoms with E-state index in [1.54, 1.807) is 0 Å². The van der Waals surface area contributed by atoms with Gasteiger partial charge in [0.1, 0.15) is 0 Å². The molecule has 3 aliphatic heterocycles. The minimum atomic E-state index is 0.789. The zero-order chi connectivity index (χ0) is 10.7. The van der Waals surface area contributed by atoms with Gasteiger partial charge in [-0.3, -0.25) is 0 Å². The first-order valence-electron chi connectivity index (χ1n) is 6.36. The Hall–Kier alpha value is -0.120.